The zero-order valence-corrected chi connectivity index (χ0v) is 15.8. The molecule has 1 aliphatic rings. The molecule has 1 aliphatic heterocycles. The molecule has 0 aliphatic carbocycles. The maximum absolute atomic E-state index is 12.5. The van der Waals surface area contributed by atoms with E-state index < -0.39 is 5.25 Å². The molecule has 1 aromatic heterocycles. The quantitative estimate of drug-likeness (QED) is 0.605. The molecule has 2 heterocycles. The third-order valence-electron chi connectivity index (χ3n) is 3.88. The Hall–Kier alpha value is -2.32. The summed E-state index contributed by atoms with van der Waals surface area (Å²) in [5, 5.41) is 11.9. The molecule has 1 atom stereocenters. The number of hydrogen-bond donors (Lipinski definition) is 1. The highest BCUT2D eigenvalue weighted by molar-refractivity contribution is 8.00. The third kappa shape index (κ3) is 3.76. The number of carbonyl (C=O) groups is 2. The van der Waals surface area contributed by atoms with Gasteiger partial charge in [0.25, 0.3) is 0 Å². The fraction of sp³-hybridized carbons (Fsp3) is 0.294. The van der Waals surface area contributed by atoms with Gasteiger partial charge in [-0.15, -0.1) is 16.8 Å². The monoisotopic (exact) mass is 391 g/mol. The van der Waals surface area contributed by atoms with E-state index in [-0.39, 0.29) is 11.9 Å². The van der Waals surface area contributed by atoms with E-state index >= 15 is 0 Å². The molecule has 3 rings (SSSR count). The molecule has 0 unspecified atom stereocenters. The molecular weight excluding hydrogens is 374 g/mol. The van der Waals surface area contributed by atoms with Crippen molar-refractivity contribution in [1.82, 2.24) is 25.0 Å². The van der Waals surface area contributed by atoms with Gasteiger partial charge in [0, 0.05) is 30.2 Å². The summed E-state index contributed by atoms with van der Waals surface area (Å²) in [6.07, 6.45) is 1.74. The molecule has 136 valence electrons. The van der Waals surface area contributed by atoms with Crippen LogP contribution in [0.25, 0.3) is 11.4 Å². The van der Waals surface area contributed by atoms with Gasteiger partial charge >= 0.3 is 6.03 Å². The maximum atomic E-state index is 12.5. The summed E-state index contributed by atoms with van der Waals surface area (Å²) in [7, 11) is 0. The molecule has 1 saturated heterocycles. The minimum atomic E-state index is -0.468. The molecule has 1 N–H and O–H groups in total. The van der Waals surface area contributed by atoms with Crippen LogP contribution in [0.1, 0.15) is 6.92 Å². The van der Waals surface area contributed by atoms with Crippen LogP contribution in [0.4, 0.5) is 4.79 Å². The van der Waals surface area contributed by atoms with Crippen LogP contribution in [0.2, 0.25) is 5.02 Å². The predicted octanol–water partition coefficient (Wildman–Crippen LogP) is 2.82. The number of nitrogens with zero attached hydrogens (tertiary/aromatic N) is 4. The highest BCUT2D eigenvalue weighted by Crippen LogP contribution is 2.28. The Morgan fingerprint density at radius 3 is 2.77 bits per heavy atom. The van der Waals surface area contributed by atoms with Crippen LogP contribution in [-0.2, 0) is 11.3 Å². The average Bonchev–Trinajstić information content (AvgIpc) is 3.22. The molecule has 26 heavy (non-hydrogen) atoms. The summed E-state index contributed by atoms with van der Waals surface area (Å²) in [5.74, 6) is 0.425. The SMILES string of the molecule is C=CCn1c(S[C@@H](C)C(=O)N2CCNC2=O)nnc1-c1ccc(Cl)cc1. The molecule has 1 aromatic carbocycles. The van der Waals surface area contributed by atoms with E-state index in [1.807, 2.05) is 16.7 Å². The normalized spacial score (nSPS) is 15.0. The predicted molar refractivity (Wildman–Crippen MR) is 101 cm³/mol. The van der Waals surface area contributed by atoms with E-state index in [1.165, 1.54) is 16.7 Å². The van der Waals surface area contributed by atoms with Gasteiger partial charge in [-0.25, -0.2) is 4.79 Å². The zero-order valence-electron chi connectivity index (χ0n) is 14.2. The van der Waals surface area contributed by atoms with Crippen molar-refractivity contribution in [2.45, 2.75) is 23.9 Å². The number of urea groups is 1. The zero-order chi connectivity index (χ0) is 18.7. The number of nitrogens with one attached hydrogen (secondary N) is 1. The number of amides is 3. The maximum Gasteiger partial charge on any atom is 0.324 e. The Morgan fingerprint density at radius 1 is 1.42 bits per heavy atom. The number of thioether (sulfide) groups is 1. The Balaban J connectivity index is 1.83. The lowest BCUT2D eigenvalue weighted by molar-refractivity contribution is -0.126. The highest BCUT2D eigenvalue weighted by Gasteiger charge is 2.31. The standard InChI is InChI=1S/C17H18ClN5O2S/c1-3-9-22-14(12-4-6-13(18)7-5-12)20-21-17(22)26-11(2)15(24)23-10-8-19-16(23)25/h3-7,11H,1,8-10H2,2H3,(H,19,25)/t11-/m0/s1. The van der Waals surface area contributed by atoms with Crippen LogP contribution in [0.15, 0.2) is 42.1 Å². The van der Waals surface area contributed by atoms with Gasteiger partial charge in [-0.05, 0) is 31.2 Å². The molecule has 7 nitrogen and oxygen atoms in total. The Kier molecular flexibility index (Phi) is 5.63. The van der Waals surface area contributed by atoms with Gasteiger partial charge < -0.3 is 5.32 Å². The van der Waals surface area contributed by atoms with Crippen molar-refractivity contribution in [2.24, 2.45) is 0 Å². The van der Waals surface area contributed by atoms with Crippen molar-refractivity contribution in [3.8, 4) is 11.4 Å². The smallest absolute Gasteiger partial charge is 0.324 e. The molecule has 3 amide bonds. The Morgan fingerprint density at radius 2 is 2.15 bits per heavy atom. The van der Waals surface area contributed by atoms with Gasteiger partial charge in [-0.1, -0.05) is 29.4 Å². The summed E-state index contributed by atoms with van der Waals surface area (Å²) in [6.45, 7) is 6.90. The molecule has 2 aromatic rings. The second-order valence-electron chi connectivity index (χ2n) is 5.69. The molecule has 0 radical (unpaired) electrons. The Bertz CT molecular complexity index is 836. The van der Waals surface area contributed by atoms with Gasteiger partial charge in [-0.3, -0.25) is 14.3 Å². The van der Waals surface area contributed by atoms with Crippen molar-refractivity contribution in [3.63, 3.8) is 0 Å². The van der Waals surface area contributed by atoms with Crippen molar-refractivity contribution in [2.75, 3.05) is 13.1 Å². The third-order valence-corrected chi connectivity index (χ3v) is 5.20. The Labute approximate surface area is 160 Å². The van der Waals surface area contributed by atoms with E-state index in [2.05, 4.69) is 22.1 Å². The number of allylic oxidation sites excluding steroid dienone is 1. The van der Waals surface area contributed by atoms with Crippen LogP contribution in [0.5, 0.6) is 0 Å². The largest absolute Gasteiger partial charge is 0.336 e. The van der Waals surface area contributed by atoms with Crippen molar-refractivity contribution < 1.29 is 9.59 Å². The first-order chi connectivity index (χ1) is 12.5. The topological polar surface area (TPSA) is 80.1 Å². The molecule has 1 fully saturated rings. The van der Waals surface area contributed by atoms with Gasteiger partial charge in [0.05, 0.1) is 5.25 Å². The fourth-order valence-corrected chi connectivity index (χ4v) is 3.64. The number of imide groups is 1. The van der Waals surface area contributed by atoms with Crippen molar-refractivity contribution >= 4 is 35.3 Å². The first kappa shape index (κ1) is 18.5. The number of rotatable bonds is 6. The first-order valence-corrected chi connectivity index (χ1v) is 9.33. The van der Waals surface area contributed by atoms with Gasteiger partial charge in [0.2, 0.25) is 5.91 Å². The lowest BCUT2D eigenvalue weighted by atomic mass is 10.2. The highest BCUT2D eigenvalue weighted by atomic mass is 35.5. The molecule has 0 spiro atoms. The van der Waals surface area contributed by atoms with E-state index in [0.717, 1.165) is 5.56 Å². The van der Waals surface area contributed by atoms with E-state index in [9.17, 15) is 9.59 Å². The van der Waals surface area contributed by atoms with Gasteiger partial charge in [0.1, 0.15) is 0 Å². The summed E-state index contributed by atoms with van der Waals surface area (Å²) in [5.41, 5.74) is 0.869. The summed E-state index contributed by atoms with van der Waals surface area (Å²) in [6, 6.07) is 6.95. The lowest BCUT2D eigenvalue weighted by Crippen LogP contribution is -2.39. The van der Waals surface area contributed by atoms with E-state index in [1.54, 1.807) is 25.1 Å². The second kappa shape index (κ2) is 7.92. The van der Waals surface area contributed by atoms with E-state index in [4.69, 9.17) is 11.6 Å². The number of carbonyl (C=O) groups excluding carboxylic acids is 2. The van der Waals surface area contributed by atoms with Crippen LogP contribution in [-0.4, -0.2) is 49.9 Å². The molecule has 0 saturated carbocycles. The molecular formula is C17H18ClN5O2S. The first-order valence-electron chi connectivity index (χ1n) is 8.07. The second-order valence-corrected chi connectivity index (χ2v) is 7.44. The minimum absolute atomic E-state index is 0.244. The summed E-state index contributed by atoms with van der Waals surface area (Å²) < 4.78 is 1.88. The van der Waals surface area contributed by atoms with Crippen LogP contribution >= 0.6 is 23.4 Å². The summed E-state index contributed by atoms with van der Waals surface area (Å²) >= 11 is 7.22. The molecule has 0 bridgehead atoms. The number of benzene rings is 1. The number of hydrogen-bond acceptors (Lipinski definition) is 5. The number of halogens is 1. The van der Waals surface area contributed by atoms with Crippen molar-refractivity contribution in [3.05, 3.63) is 41.9 Å². The number of aromatic nitrogens is 3. The van der Waals surface area contributed by atoms with Crippen LogP contribution in [0, 0.1) is 0 Å². The van der Waals surface area contributed by atoms with Gasteiger partial charge in [0.15, 0.2) is 11.0 Å². The van der Waals surface area contributed by atoms with E-state index in [0.29, 0.717) is 35.6 Å². The van der Waals surface area contributed by atoms with Crippen LogP contribution in [0.3, 0.4) is 0 Å². The molecule has 9 heteroatoms. The van der Waals surface area contributed by atoms with Gasteiger partial charge in [-0.2, -0.15) is 0 Å². The minimum Gasteiger partial charge on any atom is -0.336 e. The van der Waals surface area contributed by atoms with Crippen LogP contribution < -0.4 is 5.32 Å². The van der Waals surface area contributed by atoms with Crippen molar-refractivity contribution in [1.29, 1.82) is 0 Å². The lowest BCUT2D eigenvalue weighted by Gasteiger charge is -2.17. The average molecular weight is 392 g/mol. The fourth-order valence-electron chi connectivity index (χ4n) is 2.59. The summed E-state index contributed by atoms with van der Waals surface area (Å²) in [4.78, 5) is 25.4.